The summed E-state index contributed by atoms with van der Waals surface area (Å²) < 4.78 is 0.940. The Morgan fingerprint density at radius 2 is 2.24 bits per heavy atom. The molecule has 1 saturated heterocycles. The fourth-order valence-electron chi connectivity index (χ4n) is 1.87. The van der Waals surface area contributed by atoms with Crippen molar-refractivity contribution in [1.82, 2.24) is 5.32 Å². The minimum atomic E-state index is 0.0704. The molecule has 1 aliphatic rings. The van der Waals surface area contributed by atoms with Crippen LogP contribution in [0, 0.1) is 11.3 Å². The highest BCUT2D eigenvalue weighted by Gasteiger charge is 2.16. The van der Waals surface area contributed by atoms with E-state index in [0.717, 1.165) is 16.7 Å². The number of amides is 1. The Bertz CT molecular complexity index is 481. The number of hydrogen-bond acceptors (Lipinski definition) is 3. The van der Waals surface area contributed by atoms with Gasteiger partial charge in [0.25, 0.3) is 0 Å². The zero-order chi connectivity index (χ0) is 12.3. The highest BCUT2D eigenvalue weighted by molar-refractivity contribution is 9.10. The van der Waals surface area contributed by atoms with E-state index in [1.807, 2.05) is 12.1 Å². The molecule has 1 N–H and O–H groups in total. The zero-order valence-electron chi connectivity index (χ0n) is 9.24. The molecule has 17 heavy (non-hydrogen) atoms. The molecule has 0 atom stereocenters. The lowest BCUT2D eigenvalue weighted by atomic mass is 10.1. The van der Waals surface area contributed by atoms with Crippen molar-refractivity contribution in [3.63, 3.8) is 0 Å². The lowest BCUT2D eigenvalue weighted by Crippen LogP contribution is -2.28. The van der Waals surface area contributed by atoms with Gasteiger partial charge in [-0.15, -0.1) is 0 Å². The molecule has 1 aromatic rings. The number of anilines is 1. The molecule has 1 aromatic carbocycles. The molecule has 1 fully saturated rings. The number of rotatable bonds is 1. The number of hydrogen-bond donors (Lipinski definition) is 1. The minimum Gasteiger partial charge on any atom is -0.368 e. The maximum Gasteiger partial charge on any atom is 0.221 e. The number of benzene rings is 1. The molecule has 0 bridgehead atoms. The number of halogens is 1. The summed E-state index contributed by atoms with van der Waals surface area (Å²) in [4.78, 5) is 13.3. The molecule has 0 aliphatic carbocycles. The van der Waals surface area contributed by atoms with Crippen molar-refractivity contribution < 1.29 is 4.79 Å². The molecule has 0 saturated carbocycles. The van der Waals surface area contributed by atoms with Crippen LogP contribution in [0.2, 0.25) is 0 Å². The Morgan fingerprint density at radius 3 is 3.00 bits per heavy atom. The van der Waals surface area contributed by atoms with Gasteiger partial charge in [0.2, 0.25) is 5.91 Å². The monoisotopic (exact) mass is 293 g/mol. The first kappa shape index (κ1) is 11.9. The van der Waals surface area contributed by atoms with Crippen molar-refractivity contribution in [1.29, 1.82) is 5.26 Å². The van der Waals surface area contributed by atoms with Gasteiger partial charge in [-0.25, -0.2) is 0 Å². The predicted molar refractivity (Wildman–Crippen MR) is 68.7 cm³/mol. The summed E-state index contributed by atoms with van der Waals surface area (Å²) in [6.45, 7) is 2.00. The lowest BCUT2D eigenvalue weighted by Gasteiger charge is -2.23. The van der Waals surface area contributed by atoms with Gasteiger partial charge >= 0.3 is 0 Å². The molecular formula is C12H12BrN3O. The van der Waals surface area contributed by atoms with E-state index in [-0.39, 0.29) is 5.91 Å². The van der Waals surface area contributed by atoms with Crippen LogP contribution < -0.4 is 10.2 Å². The van der Waals surface area contributed by atoms with Crippen molar-refractivity contribution >= 4 is 27.5 Å². The van der Waals surface area contributed by atoms with Gasteiger partial charge in [0, 0.05) is 30.5 Å². The lowest BCUT2D eigenvalue weighted by molar-refractivity contribution is -0.120. The van der Waals surface area contributed by atoms with Gasteiger partial charge in [-0.3, -0.25) is 4.79 Å². The smallest absolute Gasteiger partial charge is 0.221 e. The highest BCUT2D eigenvalue weighted by atomic mass is 79.9. The van der Waals surface area contributed by atoms with Gasteiger partial charge in [-0.1, -0.05) is 15.9 Å². The highest BCUT2D eigenvalue weighted by Crippen LogP contribution is 2.25. The Labute approximate surface area is 108 Å². The van der Waals surface area contributed by atoms with Crippen LogP contribution in [-0.4, -0.2) is 25.5 Å². The van der Waals surface area contributed by atoms with Gasteiger partial charge in [-0.05, 0) is 18.2 Å². The molecule has 0 spiro atoms. The second-order valence-electron chi connectivity index (χ2n) is 3.86. The van der Waals surface area contributed by atoms with Crippen LogP contribution in [0.25, 0.3) is 0 Å². The fraction of sp³-hybridized carbons (Fsp3) is 0.333. The second-order valence-corrected chi connectivity index (χ2v) is 4.78. The van der Waals surface area contributed by atoms with Crippen molar-refractivity contribution in [2.45, 2.75) is 6.42 Å². The van der Waals surface area contributed by atoms with E-state index in [1.54, 1.807) is 6.07 Å². The minimum absolute atomic E-state index is 0.0704. The van der Waals surface area contributed by atoms with E-state index in [1.165, 1.54) is 0 Å². The first-order chi connectivity index (χ1) is 8.20. The average Bonchev–Trinajstić information content (AvgIpc) is 2.54. The number of carbonyl (C=O) groups excluding carboxylic acids is 1. The topological polar surface area (TPSA) is 56.1 Å². The Morgan fingerprint density at radius 1 is 1.41 bits per heavy atom. The molecular weight excluding hydrogens is 282 g/mol. The molecule has 2 rings (SSSR count). The summed E-state index contributed by atoms with van der Waals surface area (Å²) >= 11 is 3.40. The van der Waals surface area contributed by atoms with Crippen molar-refractivity contribution in [2.24, 2.45) is 0 Å². The number of carbonyl (C=O) groups is 1. The summed E-state index contributed by atoms with van der Waals surface area (Å²) in [5, 5.41) is 11.9. The van der Waals surface area contributed by atoms with Gasteiger partial charge < -0.3 is 10.2 Å². The molecule has 0 unspecified atom stereocenters. The SMILES string of the molecule is N#Cc1ccc(Br)cc1N1CCNC(=O)CC1. The summed E-state index contributed by atoms with van der Waals surface area (Å²) in [6, 6.07) is 7.75. The van der Waals surface area contributed by atoms with E-state index < -0.39 is 0 Å². The van der Waals surface area contributed by atoms with Crippen LogP contribution in [0.1, 0.15) is 12.0 Å². The molecule has 1 aliphatic heterocycles. The van der Waals surface area contributed by atoms with E-state index in [2.05, 4.69) is 32.2 Å². The first-order valence-corrected chi connectivity index (χ1v) is 6.21. The summed E-state index contributed by atoms with van der Waals surface area (Å²) in [7, 11) is 0. The van der Waals surface area contributed by atoms with Crippen molar-refractivity contribution in [3.05, 3.63) is 28.2 Å². The van der Waals surface area contributed by atoms with Gasteiger partial charge in [-0.2, -0.15) is 5.26 Å². The molecule has 0 radical (unpaired) electrons. The van der Waals surface area contributed by atoms with Crippen LogP contribution in [-0.2, 0) is 4.79 Å². The third-order valence-electron chi connectivity index (χ3n) is 2.73. The van der Waals surface area contributed by atoms with E-state index in [0.29, 0.717) is 25.1 Å². The van der Waals surface area contributed by atoms with Crippen LogP contribution in [0.5, 0.6) is 0 Å². The van der Waals surface area contributed by atoms with E-state index in [4.69, 9.17) is 5.26 Å². The van der Waals surface area contributed by atoms with Gasteiger partial charge in [0.15, 0.2) is 0 Å². The predicted octanol–water partition coefficient (Wildman–Crippen LogP) is 1.65. The number of nitrogens with one attached hydrogen (secondary N) is 1. The average molecular weight is 294 g/mol. The molecule has 4 nitrogen and oxygen atoms in total. The van der Waals surface area contributed by atoms with Gasteiger partial charge in [0.05, 0.1) is 11.3 Å². The Balaban J connectivity index is 2.29. The summed E-state index contributed by atoms with van der Waals surface area (Å²) in [6.07, 6.45) is 0.470. The molecule has 1 amide bonds. The van der Waals surface area contributed by atoms with Gasteiger partial charge in [0.1, 0.15) is 6.07 Å². The van der Waals surface area contributed by atoms with Crippen molar-refractivity contribution in [3.8, 4) is 6.07 Å². The third kappa shape index (κ3) is 2.77. The molecule has 0 aromatic heterocycles. The van der Waals surface area contributed by atoms with Crippen LogP contribution in [0.15, 0.2) is 22.7 Å². The Hall–Kier alpha value is -1.54. The largest absolute Gasteiger partial charge is 0.368 e. The maximum atomic E-state index is 11.3. The second kappa shape index (κ2) is 5.19. The Kier molecular flexibility index (Phi) is 3.64. The summed E-state index contributed by atoms with van der Waals surface area (Å²) in [5.41, 5.74) is 1.53. The van der Waals surface area contributed by atoms with Crippen molar-refractivity contribution in [2.75, 3.05) is 24.5 Å². The zero-order valence-corrected chi connectivity index (χ0v) is 10.8. The molecule has 5 heteroatoms. The first-order valence-electron chi connectivity index (χ1n) is 5.42. The molecule has 88 valence electrons. The number of nitriles is 1. The fourth-order valence-corrected chi connectivity index (χ4v) is 2.22. The molecule has 1 heterocycles. The van der Waals surface area contributed by atoms with Crippen LogP contribution >= 0.6 is 15.9 Å². The van der Waals surface area contributed by atoms with E-state index >= 15 is 0 Å². The number of nitrogens with zero attached hydrogens (tertiary/aromatic N) is 2. The van der Waals surface area contributed by atoms with Crippen LogP contribution in [0.3, 0.4) is 0 Å². The third-order valence-corrected chi connectivity index (χ3v) is 3.23. The normalized spacial score (nSPS) is 16.0. The maximum absolute atomic E-state index is 11.3. The van der Waals surface area contributed by atoms with Crippen LogP contribution in [0.4, 0.5) is 5.69 Å². The quantitative estimate of drug-likeness (QED) is 0.857. The van der Waals surface area contributed by atoms with E-state index in [9.17, 15) is 4.79 Å². The summed E-state index contributed by atoms with van der Waals surface area (Å²) in [5.74, 6) is 0.0704. The standard InChI is InChI=1S/C12H12BrN3O/c13-10-2-1-9(8-14)11(7-10)16-5-3-12(17)15-4-6-16/h1-2,7H,3-6H2,(H,15,17).